The van der Waals surface area contributed by atoms with E-state index < -0.39 is 63.6 Å². The zero-order chi connectivity index (χ0) is 55.6. The number of halogens is 6. The van der Waals surface area contributed by atoms with Gasteiger partial charge in [0.15, 0.2) is 0 Å². The average molecular weight is 1120 g/mol. The fraction of sp³-hybridized carbons (Fsp3) is 0.0909. The molecular formula is C55H38F6O13S3. The number of hydrogen-bond donors (Lipinski definition) is 1. The van der Waals surface area contributed by atoms with Crippen LogP contribution in [0.25, 0.3) is 0 Å². The average Bonchev–Trinajstić information content (AvgIpc) is 3.42. The molecule has 0 bridgehead atoms. The first-order valence-electron chi connectivity index (χ1n) is 22.1. The van der Waals surface area contributed by atoms with Gasteiger partial charge >= 0.3 is 12.4 Å². The van der Waals surface area contributed by atoms with Gasteiger partial charge in [-0.15, -0.1) is 6.42 Å². The second-order valence-corrected chi connectivity index (χ2v) is 21.7. The molecule has 0 atom stereocenters. The van der Waals surface area contributed by atoms with Crippen LogP contribution in [0.2, 0.25) is 0 Å². The number of ether oxygens (including phenoxy) is 6. The van der Waals surface area contributed by atoms with Gasteiger partial charge in [0, 0.05) is 12.1 Å². The molecule has 0 unspecified atom stereocenters. The third kappa shape index (κ3) is 11.4. The minimum Gasteiger partial charge on any atom is -0.497 e. The van der Waals surface area contributed by atoms with E-state index in [-0.39, 0.29) is 59.8 Å². The molecular weight excluding hydrogens is 1080 g/mol. The van der Waals surface area contributed by atoms with Crippen molar-refractivity contribution in [1.29, 1.82) is 0 Å². The van der Waals surface area contributed by atoms with E-state index in [1.165, 1.54) is 111 Å². The van der Waals surface area contributed by atoms with Crippen molar-refractivity contribution in [3.05, 3.63) is 199 Å². The van der Waals surface area contributed by atoms with Gasteiger partial charge < -0.3 is 28.4 Å². The Morgan fingerprint density at radius 1 is 0.403 bits per heavy atom. The van der Waals surface area contributed by atoms with Gasteiger partial charge in [-0.3, -0.25) is 4.55 Å². The highest BCUT2D eigenvalue weighted by Crippen LogP contribution is 2.56. The van der Waals surface area contributed by atoms with E-state index in [4.69, 9.17) is 34.8 Å². The molecule has 0 amide bonds. The van der Waals surface area contributed by atoms with E-state index in [2.05, 4.69) is 5.92 Å². The first-order chi connectivity index (χ1) is 36.4. The van der Waals surface area contributed by atoms with Crippen LogP contribution >= 0.6 is 0 Å². The predicted octanol–water partition coefficient (Wildman–Crippen LogP) is 13.2. The molecule has 396 valence electrons. The van der Waals surface area contributed by atoms with Crippen LogP contribution in [0, 0.1) is 12.3 Å². The number of benzene rings is 8. The quantitative estimate of drug-likeness (QED) is 0.0518. The van der Waals surface area contributed by atoms with E-state index in [1.54, 1.807) is 18.2 Å². The lowest BCUT2D eigenvalue weighted by Crippen LogP contribution is -2.54. The van der Waals surface area contributed by atoms with Crippen molar-refractivity contribution in [1.82, 2.24) is 0 Å². The monoisotopic (exact) mass is 1120 g/mol. The van der Waals surface area contributed by atoms with Crippen molar-refractivity contribution in [3.63, 3.8) is 0 Å². The summed E-state index contributed by atoms with van der Waals surface area (Å²) in [6, 6.07) is 34.6. The normalized spacial score (nSPS) is 12.3. The van der Waals surface area contributed by atoms with Crippen molar-refractivity contribution in [2.75, 3.05) is 14.2 Å². The van der Waals surface area contributed by atoms with Crippen LogP contribution < -0.4 is 28.4 Å². The SMILES string of the molecule is C#Cc1cc(Oc2ccc(S(=O)(=O)c3ccc(Oc4ccc(C(c5ccc(Oc6ccc(S(=O)(=O)c7ccc(Oc8ccc(OC)cc8S(=O)(=O)O)cc7)cc6)cc5)(C(F)(F)F)C(F)(F)F)cc4)cc3)cc2)ccc1OC. The lowest BCUT2D eigenvalue weighted by Gasteiger charge is -2.38. The molecule has 1 N–H and O–H groups in total. The van der Waals surface area contributed by atoms with Crippen molar-refractivity contribution in [3.8, 4) is 69.8 Å². The Bertz CT molecular complexity index is 3810. The number of terminal acetylenes is 1. The summed E-state index contributed by atoms with van der Waals surface area (Å²) in [5.74, 6) is 3.14. The molecule has 0 heterocycles. The second kappa shape index (κ2) is 21.3. The van der Waals surface area contributed by atoms with Crippen molar-refractivity contribution >= 4 is 29.8 Å². The molecule has 0 aliphatic rings. The zero-order valence-electron chi connectivity index (χ0n) is 39.7. The summed E-state index contributed by atoms with van der Waals surface area (Å²) in [7, 11) is -10.3. The third-order valence-corrected chi connectivity index (χ3v) is 16.1. The molecule has 8 aromatic carbocycles. The molecule has 0 aliphatic carbocycles. The Labute approximate surface area is 437 Å². The molecule has 0 aromatic heterocycles. The maximum Gasteiger partial charge on any atom is 0.411 e. The summed E-state index contributed by atoms with van der Waals surface area (Å²) in [5, 5.41) is 0. The third-order valence-electron chi connectivity index (χ3n) is 11.7. The number of methoxy groups -OCH3 is 2. The standard InChI is InChI=1S/C55H38F6O13S3/c1-4-35-33-45(22-31-50(35)70-3)73-42-17-27-48(28-18-42)75(62,63)46-23-13-40(14-24-46)71-38-9-5-36(6-10-38)53(54(56,57)58,55(59,60)61)37-7-11-39(12-8-37)72-41-15-25-47(26-16-41)76(64,65)49-29-19-43(20-30-49)74-51-32-21-44(69-2)34-52(51)77(66,67)68/h1,5-34H,2-3H3,(H,66,67,68). The molecule has 8 rings (SSSR count). The van der Waals surface area contributed by atoms with Crippen LogP contribution in [-0.4, -0.2) is 56.4 Å². The van der Waals surface area contributed by atoms with Gasteiger partial charge in [0.05, 0.1) is 39.4 Å². The smallest absolute Gasteiger partial charge is 0.411 e. The molecule has 8 aromatic rings. The van der Waals surface area contributed by atoms with Gasteiger partial charge in [0.1, 0.15) is 62.4 Å². The van der Waals surface area contributed by atoms with Crippen LogP contribution in [0.5, 0.6) is 57.5 Å². The summed E-state index contributed by atoms with van der Waals surface area (Å²) < 4.78 is 211. The highest BCUT2D eigenvalue weighted by molar-refractivity contribution is 7.91. The lowest BCUT2D eigenvalue weighted by molar-refractivity contribution is -0.288. The molecule has 0 spiro atoms. The van der Waals surface area contributed by atoms with Crippen LogP contribution in [0.1, 0.15) is 16.7 Å². The van der Waals surface area contributed by atoms with Gasteiger partial charge in [-0.05, 0) is 157 Å². The summed E-state index contributed by atoms with van der Waals surface area (Å²) >= 11 is 0. The second-order valence-electron chi connectivity index (χ2n) is 16.4. The number of alkyl halides is 6. The number of sulfone groups is 2. The fourth-order valence-electron chi connectivity index (χ4n) is 7.85. The van der Waals surface area contributed by atoms with Crippen LogP contribution in [0.4, 0.5) is 26.3 Å². The Morgan fingerprint density at radius 2 is 0.714 bits per heavy atom. The Balaban J connectivity index is 0.935. The van der Waals surface area contributed by atoms with Gasteiger partial charge in [0.25, 0.3) is 10.1 Å². The molecule has 0 aliphatic heterocycles. The predicted molar refractivity (Wildman–Crippen MR) is 266 cm³/mol. The minimum atomic E-state index is -5.94. The van der Waals surface area contributed by atoms with Crippen molar-refractivity contribution < 1.29 is 84.6 Å². The maximum absolute atomic E-state index is 15.1. The van der Waals surface area contributed by atoms with Gasteiger partial charge in [-0.2, -0.15) is 34.8 Å². The topological polar surface area (TPSA) is 178 Å². The molecule has 0 saturated heterocycles. The van der Waals surface area contributed by atoms with Gasteiger partial charge in [0.2, 0.25) is 25.1 Å². The summed E-state index contributed by atoms with van der Waals surface area (Å²) in [5.41, 5.74) is -6.49. The van der Waals surface area contributed by atoms with E-state index in [0.29, 0.717) is 47.1 Å². The summed E-state index contributed by atoms with van der Waals surface area (Å²) in [4.78, 5) is -1.26. The first kappa shape index (κ1) is 54.8. The Hall–Kier alpha value is -8.49. The number of rotatable bonds is 17. The molecule has 13 nitrogen and oxygen atoms in total. The van der Waals surface area contributed by atoms with E-state index in [9.17, 15) is 29.8 Å². The molecule has 0 saturated carbocycles. The Kier molecular flexibility index (Phi) is 15.1. The largest absolute Gasteiger partial charge is 0.497 e. The Morgan fingerprint density at radius 3 is 1.04 bits per heavy atom. The van der Waals surface area contributed by atoms with Crippen LogP contribution in [0.15, 0.2) is 206 Å². The highest BCUT2D eigenvalue weighted by atomic mass is 32.2. The zero-order valence-corrected chi connectivity index (χ0v) is 42.2. The van der Waals surface area contributed by atoms with E-state index in [1.807, 2.05) is 0 Å². The fourth-order valence-corrected chi connectivity index (χ4v) is 11.0. The van der Waals surface area contributed by atoms with Crippen LogP contribution in [0.3, 0.4) is 0 Å². The van der Waals surface area contributed by atoms with E-state index >= 15 is 26.3 Å². The molecule has 0 fully saturated rings. The van der Waals surface area contributed by atoms with Gasteiger partial charge in [-0.25, -0.2) is 16.8 Å². The maximum atomic E-state index is 15.1. The van der Waals surface area contributed by atoms with Crippen molar-refractivity contribution in [2.24, 2.45) is 0 Å². The first-order valence-corrected chi connectivity index (χ1v) is 26.5. The number of hydrogen-bond acceptors (Lipinski definition) is 12. The highest BCUT2D eigenvalue weighted by Gasteiger charge is 2.72. The molecule has 22 heteroatoms. The summed E-state index contributed by atoms with van der Waals surface area (Å²) in [6.07, 6.45) is -6.35. The molecule has 77 heavy (non-hydrogen) atoms. The lowest BCUT2D eigenvalue weighted by atomic mass is 9.73. The van der Waals surface area contributed by atoms with E-state index in [0.717, 1.165) is 42.5 Å². The van der Waals surface area contributed by atoms with Crippen LogP contribution in [-0.2, 0) is 35.2 Å². The van der Waals surface area contributed by atoms with Gasteiger partial charge in [-0.1, -0.05) is 30.2 Å². The molecule has 0 radical (unpaired) electrons. The van der Waals surface area contributed by atoms with Crippen molar-refractivity contribution in [2.45, 2.75) is 42.2 Å². The minimum absolute atomic E-state index is 0.0119. The summed E-state index contributed by atoms with van der Waals surface area (Å²) in [6.45, 7) is 0.